The van der Waals surface area contributed by atoms with Gasteiger partial charge in [0.05, 0.1) is 19.2 Å². The molecule has 1 aliphatic rings. The van der Waals surface area contributed by atoms with E-state index in [1.807, 2.05) is 18.2 Å². The number of aliphatic imine (C=N–C) groups is 1. The third-order valence-electron chi connectivity index (χ3n) is 4.70. The predicted molar refractivity (Wildman–Crippen MR) is 106 cm³/mol. The zero-order valence-corrected chi connectivity index (χ0v) is 15.6. The highest BCUT2D eigenvalue weighted by molar-refractivity contribution is 5.78. The maximum atomic E-state index is 6.14. The molecule has 0 bridgehead atoms. The Balaban J connectivity index is 1.62. The number of nitrogens with one attached hydrogen (secondary N) is 1. The van der Waals surface area contributed by atoms with Crippen LogP contribution in [0.4, 0.5) is 0 Å². The van der Waals surface area contributed by atoms with E-state index in [1.165, 1.54) is 11.1 Å². The molecule has 0 spiro atoms. The molecule has 1 heterocycles. The van der Waals surface area contributed by atoms with Gasteiger partial charge in [-0.15, -0.1) is 0 Å². The lowest BCUT2D eigenvalue weighted by molar-refractivity contribution is 0.262. The fraction of sp³-hybridized carbons (Fsp3) is 0.381. The fourth-order valence-electron chi connectivity index (χ4n) is 3.14. The van der Waals surface area contributed by atoms with E-state index in [0.717, 1.165) is 30.8 Å². The maximum Gasteiger partial charge on any atom is 0.189 e. The highest BCUT2D eigenvalue weighted by atomic mass is 16.5. The molecule has 2 aromatic rings. The van der Waals surface area contributed by atoms with Crippen molar-refractivity contribution in [2.45, 2.75) is 32.5 Å². The predicted octanol–water partition coefficient (Wildman–Crippen LogP) is 3.07. The van der Waals surface area contributed by atoms with Gasteiger partial charge in [0.1, 0.15) is 5.75 Å². The number of rotatable bonds is 6. The molecule has 2 aromatic carbocycles. The second-order valence-corrected chi connectivity index (χ2v) is 6.72. The quantitative estimate of drug-likeness (QED) is 0.619. The van der Waals surface area contributed by atoms with Gasteiger partial charge in [0.15, 0.2) is 5.96 Å². The van der Waals surface area contributed by atoms with Crippen LogP contribution in [0.3, 0.4) is 0 Å². The Morgan fingerprint density at radius 2 is 2.04 bits per heavy atom. The van der Waals surface area contributed by atoms with Gasteiger partial charge in [-0.1, -0.05) is 49.4 Å². The largest absolute Gasteiger partial charge is 0.493 e. The number of fused-ring (bicyclic) bond motifs is 1. The lowest BCUT2D eigenvalue weighted by Crippen LogP contribution is -2.37. The van der Waals surface area contributed by atoms with E-state index >= 15 is 0 Å². The van der Waals surface area contributed by atoms with Gasteiger partial charge in [0.25, 0.3) is 0 Å². The Morgan fingerprint density at radius 1 is 1.23 bits per heavy atom. The van der Waals surface area contributed by atoms with Crippen LogP contribution in [0.15, 0.2) is 53.5 Å². The number of ether oxygens (including phenoxy) is 1. The first-order valence-corrected chi connectivity index (χ1v) is 9.20. The van der Waals surface area contributed by atoms with E-state index in [1.54, 1.807) is 0 Å². The fourth-order valence-corrected chi connectivity index (χ4v) is 3.14. The highest BCUT2D eigenvalue weighted by Crippen LogP contribution is 2.31. The van der Waals surface area contributed by atoms with Crippen molar-refractivity contribution >= 4 is 5.96 Å². The van der Waals surface area contributed by atoms with Crippen LogP contribution in [-0.2, 0) is 13.1 Å². The summed E-state index contributed by atoms with van der Waals surface area (Å²) in [5, 5.41) is 3.34. The molecule has 1 aliphatic heterocycles. The van der Waals surface area contributed by atoms with Gasteiger partial charge in [-0.3, -0.25) is 0 Å². The first-order chi connectivity index (χ1) is 12.7. The minimum absolute atomic E-state index is 0.147. The number of benzene rings is 2. The number of hydrogen-bond acceptors (Lipinski definition) is 3. The number of para-hydroxylation sites is 1. The van der Waals surface area contributed by atoms with Crippen LogP contribution in [0.25, 0.3) is 0 Å². The Labute approximate surface area is 155 Å². The molecule has 0 radical (unpaired) electrons. The molecule has 0 aromatic heterocycles. The van der Waals surface area contributed by atoms with Gasteiger partial charge >= 0.3 is 0 Å². The molecule has 3 N–H and O–H groups in total. The summed E-state index contributed by atoms with van der Waals surface area (Å²) in [7, 11) is 2.12. The van der Waals surface area contributed by atoms with Crippen molar-refractivity contribution in [1.82, 2.24) is 10.2 Å². The molecular formula is C21H28N4O. The van der Waals surface area contributed by atoms with Crippen LogP contribution in [0.5, 0.6) is 5.75 Å². The Hall–Kier alpha value is -2.53. The third-order valence-corrected chi connectivity index (χ3v) is 4.70. The van der Waals surface area contributed by atoms with E-state index in [0.29, 0.717) is 19.1 Å². The average Bonchev–Trinajstić information content (AvgIpc) is 2.67. The smallest absolute Gasteiger partial charge is 0.189 e. The van der Waals surface area contributed by atoms with Crippen molar-refractivity contribution in [3.63, 3.8) is 0 Å². The first-order valence-electron chi connectivity index (χ1n) is 9.20. The second-order valence-electron chi connectivity index (χ2n) is 6.72. The normalized spacial score (nSPS) is 16.9. The molecule has 26 heavy (non-hydrogen) atoms. The Bertz CT molecular complexity index is 759. The van der Waals surface area contributed by atoms with Crippen LogP contribution in [-0.4, -0.2) is 31.1 Å². The van der Waals surface area contributed by atoms with Gasteiger partial charge in [0.2, 0.25) is 0 Å². The number of hydrogen-bond donors (Lipinski definition) is 2. The molecule has 0 saturated heterocycles. The molecule has 0 saturated carbocycles. The average molecular weight is 352 g/mol. The molecule has 3 rings (SSSR count). The van der Waals surface area contributed by atoms with Crippen molar-refractivity contribution < 1.29 is 4.74 Å². The molecule has 1 unspecified atom stereocenters. The van der Waals surface area contributed by atoms with Crippen molar-refractivity contribution in [3.05, 3.63) is 65.2 Å². The summed E-state index contributed by atoms with van der Waals surface area (Å²) in [4.78, 5) is 6.81. The van der Waals surface area contributed by atoms with Gasteiger partial charge in [0, 0.05) is 18.5 Å². The Morgan fingerprint density at radius 3 is 2.88 bits per heavy atom. The molecule has 0 aliphatic carbocycles. The van der Waals surface area contributed by atoms with Crippen LogP contribution in [0.1, 0.15) is 36.1 Å². The summed E-state index contributed by atoms with van der Waals surface area (Å²) in [6, 6.07) is 16.8. The first kappa shape index (κ1) is 18.3. The molecule has 138 valence electrons. The summed E-state index contributed by atoms with van der Waals surface area (Å²) < 4.78 is 5.69. The molecule has 0 amide bonds. The molecule has 1 atom stereocenters. The summed E-state index contributed by atoms with van der Waals surface area (Å²) in [6.45, 7) is 5.41. The van der Waals surface area contributed by atoms with Gasteiger partial charge in [-0.05, 0) is 30.8 Å². The monoisotopic (exact) mass is 352 g/mol. The van der Waals surface area contributed by atoms with E-state index in [2.05, 4.69) is 59.5 Å². The zero-order chi connectivity index (χ0) is 18.4. The van der Waals surface area contributed by atoms with Crippen molar-refractivity contribution in [2.75, 3.05) is 20.2 Å². The topological polar surface area (TPSA) is 62.9 Å². The highest BCUT2D eigenvalue weighted by Gasteiger charge is 2.21. The van der Waals surface area contributed by atoms with E-state index in [4.69, 9.17) is 10.5 Å². The van der Waals surface area contributed by atoms with E-state index in [9.17, 15) is 0 Å². The van der Waals surface area contributed by atoms with Crippen molar-refractivity contribution in [1.29, 1.82) is 0 Å². The van der Waals surface area contributed by atoms with Gasteiger partial charge < -0.3 is 20.7 Å². The van der Waals surface area contributed by atoms with Gasteiger partial charge in [-0.25, -0.2) is 4.99 Å². The SMILES string of the molecule is CCN(C)Cc1cccc(CN=C(N)NC2CCOc3ccccc32)c1. The van der Waals surface area contributed by atoms with Crippen LogP contribution < -0.4 is 15.8 Å². The van der Waals surface area contributed by atoms with E-state index in [-0.39, 0.29) is 6.04 Å². The summed E-state index contributed by atoms with van der Waals surface area (Å²) in [5.41, 5.74) is 9.75. The number of guanidine groups is 1. The number of nitrogens with zero attached hydrogens (tertiary/aromatic N) is 2. The third kappa shape index (κ3) is 4.76. The van der Waals surface area contributed by atoms with Crippen molar-refractivity contribution in [2.24, 2.45) is 10.7 Å². The standard InChI is InChI=1S/C21H28N4O/c1-3-25(2)15-17-8-6-7-16(13-17)14-23-21(22)24-19-11-12-26-20-10-5-4-9-18(19)20/h4-10,13,19H,3,11-12,14-15H2,1-2H3,(H3,22,23,24). The Kier molecular flexibility index (Phi) is 6.12. The minimum Gasteiger partial charge on any atom is -0.493 e. The second kappa shape index (κ2) is 8.72. The van der Waals surface area contributed by atoms with Crippen LogP contribution >= 0.6 is 0 Å². The summed E-state index contributed by atoms with van der Waals surface area (Å²) in [6.07, 6.45) is 0.881. The molecular weight excluding hydrogens is 324 g/mol. The summed E-state index contributed by atoms with van der Waals surface area (Å²) in [5.74, 6) is 1.40. The zero-order valence-electron chi connectivity index (χ0n) is 15.6. The number of nitrogens with two attached hydrogens (primary N) is 1. The summed E-state index contributed by atoms with van der Waals surface area (Å²) >= 11 is 0. The van der Waals surface area contributed by atoms with Crippen LogP contribution in [0.2, 0.25) is 0 Å². The van der Waals surface area contributed by atoms with Crippen LogP contribution in [0, 0.1) is 0 Å². The maximum absolute atomic E-state index is 6.14. The minimum atomic E-state index is 0.147. The van der Waals surface area contributed by atoms with Crippen molar-refractivity contribution in [3.8, 4) is 5.75 Å². The van der Waals surface area contributed by atoms with Gasteiger partial charge in [-0.2, -0.15) is 0 Å². The molecule has 0 fully saturated rings. The molecule has 5 nitrogen and oxygen atoms in total. The lowest BCUT2D eigenvalue weighted by atomic mass is 10.0. The lowest BCUT2D eigenvalue weighted by Gasteiger charge is -2.26. The molecule has 5 heteroatoms. The van der Waals surface area contributed by atoms with E-state index < -0.39 is 0 Å².